The van der Waals surface area contributed by atoms with Crippen LogP contribution in [0.25, 0.3) is 0 Å². The fourth-order valence-corrected chi connectivity index (χ4v) is 5.07. The van der Waals surface area contributed by atoms with Crippen LogP contribution in [0.5, 0.6) is 0 Å². The summed E-state index contributed by atoms with van der Waals surface area (Å²) in [6, 6.07) is 1.38. The molecular formula is C26H30F4N4O12P2. The average molecular weight is 728 g/mol. The highest BCUT2D eigenvalue weighted by atomic mass is 31.2. The summed E-state index contributed by atoms with van der Waals surface area (Å²) in [4.78, 5) is 97.1. The summed E-state index contributed by atoms with van der Waals surface area (Å²) in [5, 5.41) is 15.6. The van der Waals surface area contributed by atoms with Gasteiger partial charge in [-0.2, -0.15) is 17.6 Å². The van der Waals surface area contributed by atoms with Crippen LogP contribution in [-0.4, -0.2) is 72.4 Å². The van der Waals surface area contributed by atoms with Crippen molar-refractivity contribution in [3.8, 4) is 0 Å². The molecule has 2 aromatic carbocycles. The minimum atomic E-state index is -5.93. The number of carbonyl (C=O) groups excluding carboxylic acids is 4. The first-order valence-corrected chi connectivity index (χ1v) is 16.5. The highest BCUT2D eigenvalue weighted by Crippen LogP contribution is 2.60. The summed E-state index contributed by atoms with van der Waals surface area (Å²) in [6.07, 6.45) is -1.97. The van der Waals surface area contributed by atoms with Crippen molar-refractivity contribution < 1.29 is 75.3 Å². The Morgan fingerprint density at radius 1 is 0.688 bits per heavy atom. The van der Waals surface area contributed by atoms with Gasteiger partial charge in [-0.05, 0) is 11.1 Å². The minimum absolute atomic E-state index is 0.00669. The second-order valence-electron chi connectivity index (χ2n) is 10.3. The minimum Gasteiger partial charge on any atom is -0.481 e. The molecule has 0 aliphatic rings. The summed E-state index contributed by atoms with van der Waals surface area (Å²) >= 11 is 0. The van der Waals surface area contributed by atoms with Crippen molar-refractivity contribution in [2.24, 2.45) is 5.73 Å². The predicted octanol–water partition coefficient (Wildman–Crippen LogP) is 0.360. The van der Waals surface area contributed by atoms with Crippen LogP contribution in [0.15, 0.2) is 48.5 Å². The first kappa shape index (κ1) is 40.0. The number of carboxylic acid groups (broad SMARTS) is 1. The molecule has 0 saturated heterocycles. The molecule has 0 spiro atoms. The number of nitrogens with two attached hydrogens (primary N) is 1. The highest BCUT2D eigenvalue weighted by Gasteiger charge is 2.51. The SMILES string of the molecule is CC(=O)N[C@@H](CC(=O)O)C(=O)N[C@@H](Cc1ccc(C(F)(F)P(=O)(O)O)cc1)C(=O)N[C@@H](Cc1ccc(C(F)(F)P(=O)(O)O)cc1)C(N)=O. The number of hydrogen-bond donors (Lipinski definition) is 9. The number of carbonyl (C=O) groups is 5. The molecule has 2 rings (SSSR count). The van der Waals surface area contributed by atoms with Gasteiger partial charge >= 0.3 is 32.5 Å². The van der Waals surface area contributed by atoms with Crippen LogP contribution < -0.4 is 21.7 Å². The molecule has 22 heteroatoms. The highest BCUT2D eigenvalue weighted by molar-refractivity contribution is 7.52. The summed E-state index contributed by atoms with van der Waals surface area (Å²) < 4.78 is 78.5. The molecule has 0 aliphatic carbocycles. The second-order valence-corrected chi connectivity index (χ2v) is 13.6. The zero-order valence-electron chi connectivity index (χ0n) is 24.5. The molecule has 2 aromatic rings. The van der Waals surface area contributed by atoms with Gasteiger partial charge in [-0.3, -0.25) is 33.1 Å². The molecule has 48 heavy (non-hydrogen) atoms. The molecule has 16 nitrogen and oxygen atoms in total. The van der Waals surface area contributed by atoms with Crippen molar-refractivity contribution in [3.05, 3.63) is 70.8 Å². The van der Waals surface area contributed by atoms with Crippen molar-refractivity contribution >= 4 is 44.8 Å². The van der Waals surface area contributed by atoms with Gasteiger partial charge in [-0.15, -0.1) is 0 Å². The third-order valence-electron chi connectivity index (χ3n) is 6.58. The zero-order chi connectivity index (χ0) is 36.8. The van der Waals surface area contributed by atoms with Gasteiger partial charge in [0.15, 0.2) is 0 Å². The summed E-state index contributed by atoms with van der Waals surface area (Å²) in [7, 11) is -11.8. The number of aliphatic carboxylic acids is 1. The normalized spacial score (nSPS) is 14.3. The molecule has 0 saturated carbocycles. The Bertz CT molecular complexity index is 1620. The monoisotopic (exact) mass is 728 g/mol. The fourth-order valence-electron chi connectivity index (χ4n) is 4.10. The van der Waals surface area contributed by atoms with Crippen molar-refractivity contribution in [3.63, 3.8) is 0 Å². The van der Waals surface area contributed by atoms with E-state index in [0.29, 0.717) is 24.3 Å². The van der Waals surface area contributed by atoms with Crippen LogP contribution in [0, 0.1) is 0 Å². The van der Waals surface area contributed by atoms with Crippen LogP contribution in [0.2, 0.25) is 0 Å². The van der Waals surface area contributed by atoms with Crippen LogP contribution in [0.3, 0.4) is 0 Å². The third-order valence-corrected chi connectivity index (χ3v) is 8.56. The van der Waals surface area contributed by atoms with E-state index in [1.54, 1.807) is 0 Å². The Morgan fingerprint density at radius 3 is 1.38 bits per heavy atom. The molecule has 264 valence electrons. The second kappa shape index (κ2) is 15.4. The van der Waals surface area contributed by atoms with Crippen LogP contribution >= 0.6 is 15.2 Å². The lowest BCUT2D eigenvalue weighted by molar-refractivity contribution is -0.141. The molecule has 0 fully saturated rings. The van der Waals surface area contributed by atoms with E-state index in [-0.39, 0.29) is 11.1 Å². The van der Waals surface area contributed by atoms with Crippen LogP contribution in [-0.2, 0) is 57.3 Å². The molecule has 0 heterocycles. The maximum atomic E-state index is 14.1. The number of carboxylic acids is 1. The molecule has 0 bridgehead atoms. The number of alkyl halides is 4. The zero-order valence-corrected chi connectivity index (χ0v) is 26.3. The van der Waals surface area contributed by atoms with Crippen LogP contribution in [0.1, 0.15) is 35.6 Å². The van der Waals surface area contributed by atoms with E-state index in [9.17, 15) is 50.7 Å². The van der Waals surface area contributed by atoms with Gasteiger partial charge in [0.1, 0.15) is 18.1 Å². The standard InChI is InChI=1S/C26H30F4N4O12P2/c1-13(35)32-20(12-21(36)37)24(40)34-19(11-15-4-8-17(9-5-15)26(29,30)48(44,45)46)23(39)33-18(22(31)38)10-14-2-6-16(7-3-14)25(27,28)47(41,42)43/h2-9,18-20H,10-12H2,1H3,(H2,31,38)(H,32,35)(H,33,39)(H,34,40)(H,36,37)(H2,41,42,43)(H2,44,45,46)/t18-,19-,20-/m0/s1. The van der Waals surface area contributed by atoms with Gasteiger partial charge in [0.05, 0.1) is 6.42 Å². The molecule has 0 aromatic heterocycles. The lowest BCUT2D eigenvalue weighted by atomic mass is 10.0. The van der Waals surface area contributed by atoms with Crippen molar-refractivity contribution in [2.45, 2.75) is 55.6 Å². The fraction of sp³-hybridized carbons (Fsp3) is 0.346. The summed E-state index contributed by atoms with van der Waals surface area (Å²) in [6.45, 7) is 0.971. The van der Waals surface area contributed by atoms with Crippen molar-refractivity contribution in [1.29, 1.82) is 0 Å². The van der Waals surface area contributed by atoms with Crippen molar-refractivity contribution in [1.82, 2.24) is 16.0 Å². The number of primary amides is 1. The van der Waals surface area contributed by atoms with Crippen molar-refractivity contribution in [2.75, 3.05) is 0 Å². The first-order chi connectivity index (χ1) is 21.9. The Hall–Kier alpha value is -4.19. The molecular weight excluding hydrogens is 698 g/mol. The van der Waals surface area contributed by atoms with E-state index in [2.05, 4.69) is 16.0 Å². The van der Waals surface area contributed by atoms with E-state index in [0.717, 1.165) is 31.2 Å². The Kier molecular flexibility index (Phi) is 12.8. The van der Waals surface area contributed by atoms with E-state index in [1.807, 2.05) is 0 Å². The number of amides is 4. The van der Waals surface area contributed by atoms with Gasteiger partial charge in [-0.1, -0.05) is 48.5 Å². The van der Waals surface area contributed by atoms with Gasteiger partial charge < -0.3 is 46.4 Å². The molecule has 0 aliphatic heterocycles. The maximum Gasteiger partial charge on any atom is 0.399 e. The van der Waals surface area contributed by atoms with Gasteiger partial charge in [0, 0.05) is 30.9 Å². The lowest BCUT2D eigenvalue weighted by Crippen LogP contribution is -2.57. The molecule has 0 unspecified atom stereocenters. The van der Waals surface area contributed by atoms with Gasteiger partial charge in [-0.25, -0.2) is 0 Å². The predicted molar refractivity (Wildman–Crippen MR) is 155 cm³/mol. The molecule has 4 amide bonds. The van der Waals surface area contributed by atoms with E-state index in [1.165, 1.54) is 0 Å². The first-order valence-electron chi connectivity index (χ1n) is 13.3. The van der Waals surface area contributed by atoms with Gasteiger partial charge in [0.25, 0.3) is 0 Å². The number of halogens is 4. The average Bonchev–Trinajstić information content (AvgIpc) is 2.94. The molecule has 3 atom stereocenters. The Labute approximate surface area is 268 Å². The molecule has 10 N–H and O–H groups in total. The van der Waals surface area contributed by atoms with E-state index in [4.69, 9.17) is 30.4 Å². The number of rotatable bonds is 16. The largest absolute Gasteiger partial charge is 0.481 e. The van der Waals surface area contributed by atoms with Gasteiger partial charge in [0.2, 0.25) is 23.6 Å². The van der Waals surface area contributed by atoms with Crippen LogP contribution in [0.4, 0.5) is 17.6 Å². The Morgan fingerprint density at radius 2 is 1.04 bits per heavy atom. The quantitative estimate of drug-likeness (QED) is 0.0837. The number of hydrogen-bond acceptors (Lipinski definition) is 7. The third kappa shape index (κ3) is 10.4. The topological polar surface area (TPSA) is 283 Å². The Balaban J connectivity index is 2.40. The maximum absolute atomic E-state index is 14.1. The van der Waals surface area contributed by atoms with E-state index >= 15 is 0 Å². The lowest BCUT2D eigenvalue weighted by Gasteiger charge is -2.25. The molecule has 0 radical (unpaired) electrons. The smallest absolute Gasteiger partial charge is 0.399 e. The van der Waals surface area contributed by atoms with E-state index < -0.39 is 105 Å². The summed E-state index contributed by atoms with van der Waals surface area (Å²) in [5.41, 5.74) is -5.79. The number of benzene rings is 2. The summed E-state index contributed by atoms with van der Waals surface area (Å²) in [5.74, 6) is -5.89. The number of nitrogens with one attached hydrogen (secondary N) is 3.